The second-order valence-corrected chi connectivity index (χ2v) is 5.17. The summed E-state index contributed by atoms with van der Waals surface area (Å²) in [6.45, 7) is 1.32. The van der Waals surface area contributed by atoms with Crippen molar-refractivity contribution in [2.45, 2.75) is 18.9 Å². The maximum Gasteiger partial charge on any atom is 0.276 e. The molecule has 6 heteroatoms. The van der Waals surface area contributed by atoms with Crippen LogP contribution in [0.3, 0.4) is 0 Å². The van der Waals surface area contributed by atoms with E-state index in [1.807, 2.05) is 24.3 Å². The van der Waals surface area contributed by atoms with Crippen LogP contribution < -0.4 is 9.47 Å². The van der Waals surface area contributed by atoms with Gasteiger partial charge >= 0.3 is 0 Å². The number of carbonyl (C=O) groups excluding carboxylic acids is 1. The highest BCUT2D eigenvalue weighted by Gasteiger charge is 2.25. The predicted octanol–water partition coefficient (Wildman–Crippen LogP) is 2.37. The molecule has 0 radical (unpaired) electrons. The highest BCUT2D eigenvalue weighted by Crippen LogP contribution is 2.22. The SMILES string of the molecule is COc1ccc(OC2CCN(C(=O)c3ccon3)CC2)cc1. The fraction of sp³-hybridized carbons (Fsp3) is 0.375. The number of methoxy groups -OCH3 is 1. The monoisotopic (exact) mass is 302 g/mol. The molecule has 3 rings (SSSR count). The fourth-order valence-corrected chi connectivity index (χ4v) is 2.51. The Kier molecular flexibility index (Phi) is 4.27. The largest absolute Gasteiger partial charge is 0.497 e. The maximum absolute atomic E-state index is 12.1. The zero-order chi connectivity index (χ0) is 15.4. The summed E-state index contributed by atoms with van der Waals surface area (Å²) in [5.74, 6) is 1.54. The minimum Gasteiger partial charge on any atom is -0.497 e. The van der Waals surface area contributed by atoms with Crippen LogP contribution in [0, 0.1) is 0 Å². The molecule has 1 fully saturated rings. The van der Waals surface area contributed by atoms with Crippen molar-refractivity contribution in [2.75, 3.05) is 20.2 Å². The van der Waals surface area contributed by atoms with Crippen molar-refractivity contribution in [3.8, 4) is 11.5 Å². The molecule has 1 aliphatic heterocycles. The third-order valence-corrected chi connectivity index (χ3v) is 3.75. The summed E-state index contributed by atoms with van der Waals surface area (Å²) >= 11 is 0. The molecule has 1 amide bonds. The summed E-state index contributed by atoms with van der Waals surface area (Å²) in [5.41, 5.74) is 0.356. The van der Waals surface area contributed by atoms with Gasteiger partial charge in [0.2, 0.25) is 0 Å². The Hall–Kier alpha value is -2.50. The average molecular weight is 302 g/mol. The first-order chi connectivity index (χ1) is 10.8. The van der Waals surface area contributed by atoms with Crippen molar-refractivity contribution in [1.29, 1.82) is 0 Å². The Bertz CT molecular complexity index is 602. The highest BCUT2D eigenvalue weighted by atomic mass is 16.5. The predicted molar refractivity (Wildman–Crippen MR) is 79.1 cm³/mol. The summed E-state index contributed by atoms with van der Waals surface area (Å²) in [7, 11) is 1.64. The smallest absolute Gasteiger partial charge is 0.276 e. The van der Waals surface area contributed by atoms with Crippen molar-refractivity contribution >= 4 is 5.91 Å². The van der Waals surface area contributed by atoms with Crippen LogP contribution in [-0.2, 0) is 0 Å². The molecule has 0 N–H and O–H groups in total. The van der Waals surface area contributed by atoms with E-state index < -0.39 is 0 Å². The number of aromatic nitrogens is 1. The molecule has 0 bridgehead atoms. The molecule has 22 heavy (non-hydrogen) atoms. The minimum atomic E-state index is -0.0864. The third-order valence-electron chi connectivity index (χ3n) is 3.75. The number of piperidine rings is 1. The molecule has 0 atom stereocenters. The van der Waals surface area contributed by atoms with Gasteiger partial charge in [-0.15, -0.1) is 0 Å². The molecule has 1 aromatic carbocycles. The van der Waals surface area contributed by atoms with E-state index in [2.05, 4.69) is 5.16 Å². The Balaban J connectivity index is 1.52. The van der Waals surface area contributed by atoms with Gasteiger partial charge in [0.05, 0.1) is 7.11 Å². The van der Waals surface area contributed by atoms with Gasteiger partial charge in [0.25, 0.3) is 5.91 Å². The quantitative estimate of drug-likeness (QED) is 0.867. The number of benzene rings is 1. The van der Waals surface area contributed by atoms with Gasteiger partial charge < -0.3 is 18.9 Å². The molecule has 116 valence electrons. The van der Waals surface area contributed by atoms with Crippen LogP contribution in [0.2, 0.25) is 0 Å². The Morgan fingerprint density at radius 2 is 1.86 bits per heavy atom. The van der Waals surface area contributed by atoms with E-state index in [1.54, 1.807) is 18.1 Å². The van der Waals surface area contributed by atoms with Gasteiger partial charge in [0, 0.05) is 32.0 Å². The van der Waals surface area contributed by atoms with Crippen LogP contribution in [0.1, 0.15) is 23.3 Å². The molecule has 1 aliphatic rings. The first-order valence-electron chi connectivity index (χ1n) is 7.26. The van der Waals surface area contributed by atoms with Gasteiger partial charge in [-0.3, -0.25) is 4.79 Å². The van der Waals surface area contributed by atoms with Crippen molar-refractivity contribution in [3.05, 3.63) is 42.3 Å². The molecule has 0 saturated carbocycles. The number of hydrogen-bond acceptors (Lipinski definition) is 5. The highest BCUT2D eigenvalue weighted by molar-refractivity contribution is 5.92. The number of rotatable bonds is 4. The van der Waals surface area contributed by atoms with Crippen molar-refractivity contribution in [3.63, 3.8) is 0 Å². The lowest BCUT2D eigenvalue weighted by Gasteiger charge is -2.31. The van der Waals surface area contributed by atoms with Gasteiger partial charge in [0.1, 0.15) is 23.9 Å². The third kappa shape index (κ3) is 3.21. The molecule has 0 aliphatic carbocycles. The van der Waals surface area contributed by atoms with Gasteiger partial charge in [-0.2, -0.15) is 0 Å². The van der Waals surface area contributed by atoms with E-state index in [0.29, 0.717) is 18.8 Å². The molecule has 0 spiro atoms. The number of likely N-dealkylation sites (tertiary alicyclic amines) is 1. The Morgan fingerprint density at radius 1 is 1.18 bits per heavy atom. The first-order valence-corrected chi connectivity index (χ1v) is 7.26. The number of hydrogen-bond donors (Lipinski definition) is 0. The lowest BCUT2D eigenvalue weighted by atomic mass is 10.1. The Labute approximate surface area is 128 Å². The number of carbonyl (C=O) groups is 1. The summed E-state index contributed by atoms with van der Waals surface area (Å²) in [6.07, 6.45) is 3.13. The van der Waals surface area contributed by atoms with Crippen molar-refractivity contribution < 1.29 is 18.8 Å². The normalized spacial score (nSPS) is 15.6. The zero-order valence-corrected chi connectivity index (χ0v) is 12.4. The molecule has 1 aromatic heterocycles. The molecule has 1 saturated heterocycles. The van der Waals surface area contributed by atoms with Crippen LogP contribution in [0.25, 0.3) is 0 Å². The lowest BCUT2D eigenvalue weighted by molar-refractivity contribution is 0.0586. The first kappa shape index (κ1) is 14.4. The van der Waals surface area contributed by atoms with E-state index in [-0.39, 0.29) is 12.0 Å². The van der Waals surface area contributed by atoms with Crippen molar-refractivity contribution in [1.82, 2.24) is 10.1 Å². The summed E-state index contributed by atoms with van der Waals surface area (Å²) in [6, 6.07) is 9.12. The van der Waals surface area contributed by atoms with Crippen LogP contribution in [0.5, 0.6) is 11.5 Å². The maximum atomic E-state index is 12.1. The van der Waals surface area contributed by atoms with Gasteiger partial charge in [-0.1, -0.05) is 5.16 Å². The molecule has 2 heterocycles. The average Bonchev–Trinajstić information content (AvgIpc) is 3.10. The fourth-order valence-electron chi connectivity index (χ4n) is 2.51. The van der Waals surface area contributed by atoms with Crippen LogP contribution in [-0.4, -0.2) is 42.3 Å². The van der Waals surface area contributed by atoms with Gasteiger partial charge in [-0.05, 0) is 24.3 Å². The molecule has 2 aromatic rings. The van der Waals surface area contributed by atoms with Gasteiger partial charge in [-0.25, -0.2) is 0 Å². The van der Waals surface area contributed by atoms with Crippen molar-refractivity contribution in [2.24, 2.45) is 0 Å². The van der Waals surface area contributed by atoms with E-state index in [0.717, 1.165) is 24.3 Å². The second kappa shape index (κ2) is 6.51. The molecular weight excluding hydrogens is 284 g/mol. The number of nitrogens with zero attached hydrogens (tertiary/aromatic N) is 2. The van der Waals surface area contributed by atoms with Crippen LogP contribution >= 0.6 is 0 Å². The minimum absolute atomic E-state index is 0.0864. The van der Waals surface area contributed by atoms with Crippen LogP contribution in [0.4, 0.5) is 0 Å². The van der Waals surface area contributed by atoms with E-state index in [4.69, 9.17) is 14.0 Å². The van der Waals surface area contributed by atoms with Crippen LogP contribution in [0.15, 0.2) is 41.1 Å². The number of ether oxygens (including phenoxy) is 2. The standard InChI is InChI=1S/C16H18N2O4/c1-20-12-2-4-13(5-3-12)22-14-6-9-18(10-7-14)16(19)15-8-11-21-17-15/h2-5,8,11,14H,6-7,9-10H2,1H3. The number of amides is 1. The van der Waals surface area contributed by atoms with Gasteiger partial charge in [0.15, 0.2) is 5.69 Å². The van der Waals surface area contributed by atoms with E-state index in [1.165, 1.54) is 6.26 Å². The lowest BCUT2D eigenvalue weighted by Crippen LogP contribution is -2.41. The topological polar surface area (TPSA) is 64.8 Å². The Morgan fingerprint density at radius 3 is 2.45 bits per heavy atom. The summed E-state index contributed by atoms with van der Waals surface area (Å²) < 4.78 is 15.8. The zero-order valence-electron chi connectivity index (χ0n) is 12.4. The molecule has 0 unspecified atom stereocenters. The molecule has 6 nitrogen and oxygen atoms in total. The second-order valence-electron chi connectivity index (χ2n) is 5.17. The van der Waals surface area contributed by atoms with E-state index >= 15 is 0 Å². The van der Waals surface area contributed by atoms with E-state index in [9.17, 15) is 4.79 Å². The molecular formula is C16H18N2O4. The summed E-state index contributed by atoms with van der Waals surface area (Å²) in [5, 5.41) is 3.69. The summed E-state index contributed by atoms with van der Waals surface area (Å²) in [4.78, 5) is 13.9.